The molecule has 33 heavy (non-hydrogen) atoms. The molecular formula is C25H39N3O5. The first-order valence-corrected chi connectivity index (χ1v) is 11.8. The van der Waals surface area contributed by atoms with Gasteiger partial charge in [0.05, 0.1) is 6.61 Å². The molecule has 0 aromatic heterocycles. The molecule has 0 radical (unpaired) electrons. The van der Waals surface area contributed by atoms with E-state index in [-0.39, 0.29) is 31.6 Å². The SMILES string of the molecule is Cc1ccc(C)c(C(C(=O)NC2CCCCC2)N(CCO)C(=O)CNC(=O)OC(C)(C)C)c1. The average Bonchev–Trinajstić information content (AvgIpc) is 2.73. The Morgan fingerprint density at radius 1 is 1.15 bits per heavy atom. The first-order valence-electron chi connectivity index (χ1n) is 11.8. The number of aryl methyl sites for hydroxylation is 2. The van der Waals surface area contributed by atoms with Crippen LogP contribution in [0, 0.1) is 13.8 Å². The van der Waals surface area contributed by atoms with Crippen LogP contribution in [-0.4, -0.2) is 59.3 Å². The molecule has 184 valence electrons. The van der Waals surface area contributed by atoms with Crippen molar-refractivity contribution in [3.63, 3.8) is 0 Å². The summed E-state index contributed by atoms with van der Waals surface area (Å²) in [7, 11) is 0. The molecule has 1 aromatic rings. The van der Waals surface area contributed by atoms with E-state index < -0.39 is 23.6 Å². The molecule has 1 aliphatic rings. The molecule has 0 bridgehead atoms. The van der Waals surface area contributed by atoms with E-state index in [0.717, 1.165) is 43.2 Å². The summed E-state index contributed by atoms with van der Waals surface area (Å²) in [6, 6.07) is 4.94. The van der Waals surface area contributed by atoms with Crippen molar-refractivity contribution in [2.75, 3.05) is 19.7 Å². The van der Waals surface area contributed by atoms with Crippen LogP contribution < -0.4 is 10.6 Å². The van der Waals surface area contributed by atoms with Gasteiger partial charge in [0.1, 0.15) is 18.2 Å². The largest absolute Gasteiger partial charge is 0.444 e. The number of hydrogen-bond donors (Lipinski definition) is 3. The van der Waals surface area contributed by atoms with Gasteiger partial charge in [0.25, 0.3) is 0 Å². The highest BCUT2D eigenvalue weighted by molar-refractivity contribution is 5.90. The number of benzene rings is 1. The average molecular weight is 462 g/mol. The molecule has 8 heteroatoms. The summed E-state index contributed by atoms with van der Waals surface area (Å²) in [4.78, 5) is 40.1. The van der Waals surface area contributed by atoms with Gasteiger partial charge in [-0.25, -0.2) is 4.79 Å². The van der Waals surface area contributed by atoms with Crippen molar-refractivity contribution in [3.05, 3.63) is 34.9 Å². The van der Waals surface area contributed by atoms with Crippen LogP contribution in [0.3, 0.4) is 0 Å². The van der Waals surface area contributed by atoms with Crippen LogP contribution in [-0.2, 0) is 14.3 Å². The lowest BCUT2D eigenvalue weighted by molar-refractivity contribution is -0.141. The zero-order valence-electron chi connectivity index (χ0n) is 20.6. The van der Waals surface area contributed by atoms with Crippen molar-refractivity contribution in [2.45, 2.75) is 84.4 Å². The standard InChI is InChI=1S/C25H39N3O5/c1-17-11-12-18(2)20(15-17)22(23(31)27-19-9-7-6-8-10-19)28(13-14-29)21(30)16-26-24(32)33-25(3,4)5/h11-12,15,19,22,29H,6-10,13-14,16H2,1-5H3,(H,26,32)(H,27,31). The summed E-state index contributed by atoms with van der Waals surface area (Å²) in [5.41, 5.74) is 1.86. The molecule has 0 aliphatic heterocycles. The number of amides is 3. The van der Waals surface area contributed by atoms with Crippen LogP contribution in [0.1, 0.15) is 75.6 Å². The second-order valence-electron chi connectivity index (χ2n) is 9.77. The van der Waals surface area contributed by atoms with Gasteiger partial charge in [-0.3, -0.25) is 9.59 Å². The Hall–Kier alpha value is -2.61. The third kappa shape index (κ3) is 8.35. The summed E-state index contributed by atoms with van der Waals surface area (Å²) < 4.78 is 5.21. The van der Waals surface area contributed by atoms with Gasteiger partial charge in [-0.15, -0.1) is 0 Å². The molecule has 8 nitrogen and oxygen atoms in total. The van der Waals surface area contributed by atoms with Crippen LogP contribution in [0.5, 0.6) is 0 Å². The summed E-state index contributed by atoms with van der Waals surface area (Å²) in [5, 5.41) is 15.3. The molecule has 1 fully saturated rings. The van der Waals surface area contributed by atoms with Crippen molar-refractivity contribution in [2.24, 2.45) is 0 Å². The molecule has 2 rings (SSSR count). The van der Waals surface area contributed by atoms with E-state index in [1.165, 1.54) is 4.90 Å². The van der Waals surface area contributed by atoms with E-state index in [0.29, 0.717) is 5.56 Å². The fourth-order valence-electron chi connectivity index (χ4n) is 4.10. The van der Waals surface area contributed by atoms with Crippen LogP contribution in [0.4, 0.5) is 4.79 Å². The normalized spacial score (nSPS) is 15.5. The van der Waals surface area contributed by atoms with Gasteiger partial charge in [0.15, 0.2) is 0 Å². The zero-order chi connectivity index (χ0) is 24.6. The van der Waals surface area contributed by atoms with Gasteiger partial charge >= 0.3 is 6.09 Å². The van der Waals surface area contributed by atoms with Crippen LogP contribution in [0.2, 0.25) is 0 Å². The topological polar surface area (TPSA) is 108 Å². The molecule has 0 saturated heterocycles. The smallest absolute Gasteiger partial charge is 0.408 e. The minimum atomic E-state index is -0.910. The Kier molecular flexibility index (Phi) is 9.70. The number of rotatable bonds is 8. The van der Waals surface area contributed by atoms with Gasteiger partial charge in [0.2, 0.25) is 11.8 Å². The number of nitrogens with one attached hydrogen (secondary N) is 2. The number of carbonyl (C=O) groups excluding carboxylic acids is 3. The zero-order valence-corrected chi connectivity index (χ0v) is 20.6. The predicted octanol–water partition coefficient (Wildman–Crippen LogP) is 3.14. The Balaban J connectivity index is 2.29. The fraction of sp³-hybridized carbons (Fsp3) is 0.640. The molecule has 1 saturated carbocycles. The van der Waals surface area contributed by atoms with E-state index in [2.05, 4.69) is 10.6 Å². The second kappa shape index (κ2) is 12.0. The van der Waals surface area contributed by atoms with E-state index in [1.807, 2.05) is 32.0 Å². The Morgan fingerprint density at radius 2 is 1.82 bits per heavy atom. The van der Waals surface area contributed by atoms with E-state index in [9.17, 15) is 19.5 Å². The third-order valence-electron chi connectivity index (χ3n) is 5.68. The number of hydrogen-bond acceptors (Lipinski definition) is 5. The van der Waals surface area contributed by atoms with Crippen molar-refractivity contribution in [1.29, 1.82) is 0 Å². The molecule has 3 amide bonds. The lowest BCUT2D eigenvalue weighted by Gasteiger charge is -2.34. The molecule has 1 aromatic carbocycles. The number of carbonyl (C=O) groups is 3. The number of aliphatic hydroxyl groups is 1. The number of nitrogens with zero attached hydrogens (tertiary/aromatic N) is 1. The first kappa shape index (κ1) is 26.6. The lowest BCUT2D eigenvalue weighted by Crippen LogP contribution is -2.50. The molecule has 1 aliphatic carbocycles. The van der Waals surface area contributed by atoms with Crippen LogP contribution >= 0.6 is 0 Å². The monoisotopic (exact) mass is 461 g/mol. The van der Waals surface area contributed by atoms with Crippen molar-refractivity contribution in [3.8, 4) is 0 Å². The van der Waals surface area contributed by atoms with Gasteiger partial charge in [-0.05, 0) is 58.6 Å². The molecular weight excluding hydrogens is 422 g/mol. The van der Waals surface area contributed by atoms with Gasteiger partial charge < -0.3 is 25.4 Å². The maximum Gasteiger partial charge on any atom is 0.408 e. The minimum absolute atomic E-state index is 0.0367. The minimum Gasteiger partial charge on any atom is -0.444 e. The fourth-order valence-corrected chi connectivity index (χ4v) is 4.10. The highest BCUT2D eigenvalue weighted by Gasteiger charge is 2.34. The van der Waals surface area contributed by atoms with Crippen molar-refractivity contribution < 1.29 is 24.2 Å². The maximum absolute atomic E-state index is 13.5. The van der Waals surface area contributed by atoms with E-state index in [1.54, 1.807) is 20.8 Å². The van der Waals surface area contributed by atoms with Gasteiger partial charge in [-0.1, -0.05) is 43.0 Å². The Bertz CT molecular complexity index is 828. The Labute approximate surface area is 197 Å². The van der Waals surface area contributed by atoms with Crippen molar-refractivity contribution >= 4 is 17.9 Å². The number of aliphatic hydroxyl groups excluding tert-OH is 1. The maximum atomic E-state index is 13.5. The van der Waals surface area contributed by atoms with E-state index in [4.69, 9.17) is 4.74 Å². The summed E-state index contributed by atoms with van der Waals surface area (Å²) in [5.74, 6) is -0.741. The molecule has 1 unspecified atom stereocenters. The van der Waals surface area contributed by atoms with Crippen LogP contribution in [0.25, 0.3) is 0 Å². The van der Waals surface area contributed by atoms with E-state index >= 15 is 0 Å². The quantitative estimate of drug-likeness (QED) is 0.551. The number of ether oxygens (including phenoxy) is 1. The predicted molar refractivity (Wildman–Crippen MR) is 127 cm³/mol. The summed E-state index contributed by atoms with van der Waals surface area (Å²) in [6.45, 7) is 8.35. The second-order valence-corrected chi connectivity index (χ2v) is 9.77. The summed E-state index contributed by atoms with van der Waals surface area (Å²) in [6.07, 6.45) is 4.42. The molecule has 0 heterocycles. The molecule has 1 atom stereocenters. The lowest BCUT2D eigenvalue weighted by atomic mass is 9.93. The summed E-state index contributed by atoms with van der Waals surface area (Å²) >= 11 is 0. The number of alkyl carbamates (subject to hydrolysis) is 1. The highest BCUT2D eigenvalue weighted by Crippen LogP contribution is 2.27. The first-order chi connectivity index (χ1) is 15.5. The van der Waals surface area contributed by atoms with Gasteiger partial charge in [0, 0.05) is 12.6 Å². The van der Waals surface area contributed by atoms with Crippen molar-refractivity contribution in [1.82, 2.24) is 15.5 Å². The molecule has 0 spiro atoms. The van der Waals surface area contributed by atoms with Crippen LogP contribution in [0.15, 0.2) is 18.2 Å². The Morgan fingerprint density at radius 3 is 2.42 bits per heavy atom. The third-order valence-corrected chi connectivity index (χ3v) is 5.68. The molecule has 3 N–H and O–H groups in total. The highest BCUT2D eigenvalue weighted by atomic mass is 16.6. The van der Waals surface area contributed by atoms with Gasteiger partial charge in [-0.2, -0.15) is 0 Å².